The number of carbonyl (C=O) groups is 2. The van der Waals surface area contributed by atoms with Crippen molar-refractivity contribution in [1.82, 2.24) is 10.2 Å². The van der Waals surface area contributed by atoms with Crippen molar-refractivity contribution >= 4 is 11.8 Å². The predicted octanol–water partition coefficient (Wildman–Crippen LogP) is 3.96. The first-order valence-corrected chi connectivity index (χ1v) is 10.2. The third-order valence-corrected chi connectivity index (χ3v) is 5.06. The van der Waals surface area contributed by atoms with Crippen LogP contribution in [0.4, 0.5) is 0 Å². The van der Waals surface area contributed by atoms with Gasteiger partial charge in [-0.15, -0.1) is 0 Å². The van der Waals surface area contributed by atoms with Crippen molar-refractivity contribution in [3.8, 4) is 5.75 Å². The average molecular weight is 397 g/mol. The first-order chi connectivity index (χ1) is 14.0. The third kappa shape index (κ3) is 6.63. The van der Waals surface area contributed by atoms with Crippen molar-refractivity contribution in [1.29, 1.82) is 0 Å². The zero-order chi connectivity index (χ0) is 21.2. The summed E-state index contributed by atoms with van der Waals surface area (Å²) < 4.78 is 5.31. The van der Waals surface area contributed by atoms with Crippen molar-refractivity contribution in [2.24, 2.45) is 0 Å². The van der Waals surface area contributed by atoms with Gasteiger partial charge in [0, 0.05) is 25.4 Å². The number of nitrogens with zero attached hydrogens (tertiary/aromatic N) is 1. The van der Waals surface area contributed by atoms with E-state index in [1.807, 2.05) is 75.4 Å². The summed E-state index contributed by atoms with van der Waals surface area (Å²) >= 11 is 0. The SMILES string of the molecule is CCC(=O)N(Cc1cccc(OC)c1)[C@@H](Cc1ccccc1)C(=O)N[C@H](C)CC. The van der Waals surface area contributed by atoms with E-state index in [9.17, 15) is 9.59 Å². The van der Waals surface area contributed by atoms with Gasteiger partial charge in [0.25, 0.3) is 0 Å². The summed E-state index contributed by atoms with van der Waals surface area (Å²) in [6.07, 6.45) is 1.64. The fourth-order valence-corrected chi connectivity index (χ4v) is 3.17. The molecule has 0 bridgehead atoms. The van der Waals surface area contributed by atoms with Gasteiger partial charge < -0.3 is 15.0 Å². The quantitative estimate of drug-likeness (QED) is 0.661. The molecule has 5 nitrogen and oxygen atoms in total. The third-order valence-electron chi connectivity index (χ3n) is 5.06. The lowest BCUT2D eigenvalue weighted by Crippen LogP contribution is -2.52. The lowest BCUT2D eigenvalue weighted by Gasteiger charge is -2.32. The topological polar surface area (TPSA) is 58.6 Å². The molecule has 0 aliphatic heterocycles. The molecule has 0 aromatic heterocycles. The summed E-state index contributed by atoms with van der Waals surface area (Å²) in [6.45, 7) is 6.19. The number of benzene rings is 2. The van der Waals surface area contributed by atoms with Crippen LogP contribution in [0.5, 0.6) is 5.75 Å². The smallest absolute Gasteiger partial charge is 0.243 e. The van der Waals surface area contributed by atoms with Crippen LogP contribution in [-0.4, -0.2) is 35.9 Å². The molecule has 0 saturated carbocycles. The molecule has 0 fully saturated rings. The van der Waals surface area contributed by atoms with Gasteiger partial charge >= 0.3 is 0 Å². The first-order valence-electron chi connectivity index (χ1n) is 10.2. The highest BCUT2D eigenvalue weighted by atomic mass is 16.5. The maximum absolute atomic E-state index is 13.2. The van der Waals surface area contributed by atoms with Gasteiger partial charge in [-0.25, -0.2) is 0 Å². The van der Waals surface area contributed by atoms with E-state index in [1.54, 1.807) is 12.0 Å². The van der Waals surface area contributed by atoms with E-state index < -0.39 is 6.04 Å². The fraction of sp³-hybridized carbons (Fsp3) is 0.417. The number of hydrogen-bond acceptors (Lipinski definition) is 3. The van der Waals surface area contributed by atoms with Crippen LogP contribution < -0.4 is 10.1 Å². The maximum atomic E-state index is 13.2. The van der Waals surface area contributed by atoms with Crippen LogP contribution in [0.25, 0.3) is 0 Å². The molecule has 29 heavy (non-hydrogen) atoms. The number of rotatable bonds is 10. The zero-order valence-corrected chi connectivity index (χ0v) is 17.9. The lowest BCUT2D eigenvalue weighted by molar-refractivity contribution is -0.141. The molecule has 5 heteroatoms. The Morgan fingerprint density at radius 3 is 2.34 bits per heavy atom. The summed E-state index contributed by atoms with van der Waals surface area (Å²) in [5.74, 6) is 0.566. The second-order valence-corrected chi connectivity index (χ2v) is 7.25. The van der Waals surface area contributed by atoms with Crippen LogP contribution in [0, 0.1) is 0 Å². The van der Waals surface area contributed by atoms with Crippen molar-refractivity contribution in [3.63, 3.8) is 0 Å². The summed E-state index contributed by atoms with van der Waals surface area (Å²) in [5.41, 5.74) is 1.96. The van der Waals surface area contributed by atoms with Gasteiger partial charge in [-0.3, -0.25) is 9.59 Å². The standard InChI is InChI=1S/C24H32N2O3/c1-5-18(3)25-24(28)22(16-19-11-8-7-9-12-19)26(23(27)6-2)17-20-13-10-14-21(15-20)29-4/h7-15,18,22H,5-6,16-17H2,1-4H3,(H,25,28)/t18-,22+/m1/s1. The van der Waals surface area contributed by atoms with E-state index in [0.717, 1.165) is 23.3 Å². The van der Waals surface area contributed by atoms with Crippen LogP contribution in [0.15, 0.2) is 54.6 Å². The Morgan fingerprint density at radius 1 is 1.03 bits per heavy atom. The molecule has 0 heterocycles. The zero-order valence-electron chi connectivity index (χ0n) is 17.9. The molecule has 156 valence electrons. The highest BCUT2D eigenvalue weighted by molar-refractivity contribution is 5.88. The van der Waals surface area contributed by atoms with E-state index in [-0.39, 0.29) is 17.9 Å². The molecule has 2 aromatic rings. The molecule has 2 atom stereocenters. The van der Waals surface area contributed by atoms with Crippen molar-refractivity contribution in [3.05, 3.63) is 65.7 Å². The molecule has 0 saturated heterocycles. The number of carbonyl (C=O) groups excluding carboxylic acids is 2. The van der Waals surface area contributed by atoms with Crippen LogP contribution in [0.3, 0.4) is 0 Å². The molecule has 0 radical (unpaired) electrons. The van der Waals surface area contributed by atoms with Crippen LogP contribution in [-0.2, 0) is 22.6 Å². The average Bonchev–Trinajstić information content (AvgIpc) is 2.76. The Balaban J connectivity index is 2.36. The molecule has 0 aliphatic rings. The minimum atomic E-state index is -0.579. The molecule has 2 aromatic carbocycles. The Labute approximate surface area is 174 Å². The molecule has 2 rings (SSSR count). The molecule has 0 spiro atoms. The Hall–Kier alpha value is -2.82. The largest absolute Gasteiger partial charge is 0.497 e. The van der Waals surface area contributed by atoms with Gasteiger partial charge in [0.15, 0.2) is 0 Å². The van der Waals surface area contributed by atoms with Gasteiger partial charge in [-0.2, -0.15) is 0 Å². The summed E-state index contributed by atoms with van der Waals surface area (Å²) in [7, 11) is 1.62. The minimum absolute atomic E-state index is 0.0481. The molecule has 0 aliphatic carbocycles. The highest BCUT2D eigenvalue weighted by Gasteiger charge is 2.30. The van der Waals surface area contributed by atoms with Gasteiger partial charge in [0.2, 0.25) is 11.8 Å². The molecule has 2 amide bonds. The Bertz CT molecular complexity index is 792. The van der Waals surface area contributed by atoms with E-state index in [2.05, 4.69) is 5.32 Å². The number of methoxy groups -OCH3 is 1. The van der Waals surface area contributed by atoms with Crippen molar-refractivity contribution in [2.75, 3.05) is 7.11 Å². The second kappa shape index (κ2) is 11.2. The van der Waals surface area contributed by atoms with Crippen molar-refractivity contribution in [2.45, 2.75) is 58.7 Å². The number of hydrogen-bond donors (Lipinski definition) is 1. The number of ether oxygens (including phenoxy) is 1. The molecular formula is C24H32N2O3. The second-order valence-electron chi connectivity index (χ2n) is 7.25. The normalized spacial score (nSPS) is 12.7. The predicted molar refractivity (Wildman–Crippen MR) is 116 cm³/mol. The van der Waals surface area contributed by atoms with Crippen LogP contribution in [0.1, 0.15) is 44.7 Å². The van der Waals surface area contributed by atoms with E-state index in [4.69, 9.17) is 4.74 Å². The van der Waals surface area contributed by atoms with Crippen LogP contribution >= 0.6 is 0 Å². The van der Waals surface area contributed by atoms with Gasteiger partial charge in [0.1, 0.15) is 11.8 Å². The minimum Gasteiger partial charge on any atom is -0.497 e. The first kappa shape index (κ1) is 22.5. The van der Waals surface area contributed by atoms with Crippen molar-refractivity contribution < 1.29 is 14.3 Å². The monoisotopic (exact) mass is 396 g/mol. The maximum Gasteiger partial charge on any atom is 0.243 e. The summed E-state index contributed by atoms with van der Waals surface area (Å²) in [6, 6.07) is 16.9. The fourth-order valence-electron chi connectivity index (χ4n) is 3.17. The number of amides is 2. The summed E-state index contributed by atoms with van der Waals surface area (Å²) in [4.78, 5) is 27.7. The molecular weight excluding hydrogens is 364 g/mol. The van der Waals surface area contributed by atoms with Gasteiger partial charge in [-0.05, 0) is 36.6 Å². The molecule has 1 N–H and O–H groups in total. The van der Waals surface area contributed by atoms with Gasteiger partial charge in [-0.1, -0.05) is 56.3 Å². The van der Waals surface area contributed by atoms with E-state index >= 15 is 0 Å². The Kier molecular flexibility index (Phi) is 8.71. The molecule has 0 unspecified atom stereocenters. The number of nitrogens with one attached hydrogen (secondary N) is 1. The van der Waals surface area contributed by atoms with E-state index in [1.165, 1.54) is 0 Å². The summed E-state index contributed by atoms with van der Waals surface area (Å²) in [5, 5.41) is 3.06. The lowest BCUT2D eigenvalue weighted by atomic mass is 10.0. The Morgan fingerprint density at radius 2 is 1.72 bits per heavy atom. The highest BCUT2D eigenvalue weighted by Crippen LogP contribution is 2.19. The van der Waals surface area contributed by atoms with E-state index in [0.29, 0.717) is 19.4 Å². The van der Waals surface area contributed by atoms with Crippen LogP contribution in [0.2, 0.25) is 0 Å². The van der Waals surface area contributed by atoms with Gasteiger partial charge in [0.05, 0.1) is 7.11 Å².